The fourth-order valence-corrected chi connectivity index (χ4v) is 2.62. The highest BCUT2D eigenvalue weighted by Gasteiger charge is 2.49. The summed E-state index contributed by atoms with van der Waals surface area (Å²) in [4.78, 5) is 0. The fourth-order valence-electron chi connectivity index (χ4n) is 2.62. The van der Waals surface area contributed by atoms with Crippen molar-refractivity contribution in [3.05, 3.63) is 77.9 Å². The summed E-state index contributed by atoms with van der Waals surface area (Å²) in [5, 5.41) is 0. The van der Waals surface area contributed by atoms with E-state index in [9.17, 15) is 0 Å². The van der Waals surface area contributed by atoms with Crippen LogP contribution in [0.25, 0.3) is 6.08 Å². The van der Waals surface area contributed by atoms with Crippen molar-refractivity contribution in [2.75, 3.05) is 0 Å². The molecule has 1 aliphatic rings. The van der Waals surface area contributed by atoms with Crippen LogP contribution in [0.2, 0.25) is 0 Å². The van der Waals surface area contributed by atoms with Crippen molar-refractivity contribution in [2.45, 2.75) is 18.8 Å². The molecule has 0 N–H and O–H groups in total. The van der Waals surface area contributed by atoms with E-state index in [0.29, 0.717) is 11.3 Å². The molecule has 0 amide bonds. The van der Waals surface area contributed by atoms with Crippen LogP contribution in [0.4, 0.5) is 0 Å². The lowest BCUT2D eigenvalue weighted by Gasteiger charge is -2.09. The summed E-state index contributed by atoms with van der Waals surface area (Å²) < 4.78 is 0. The van der Waals surface area contributed by atoms with Crippen molar-refractivity contribution < 1.29 is 0 Å². The van der Waals surface area contributed by atoms with Crippen molar-refractivity contribution in [2.24, 2.45) is 5.92 Å². The molecule has 18 heavy (non-hydrogen) atoms. The number of hydrogen-bond donors (Lipinski definition) is 0. The SMILES string of the molecule is C[C@@]1(c2ccccc2)C[C@@H]1/C=C/c1ccccc1. The van der Waals surface area contributed by atoms with Gasteiger partial charge in [0.05, 0.1) is 0 Å². The van der Waals surface area contributed by atoms with Gasteiger partial charge in [0, 0.05) is 0 Å². The molecule has 2 aromatic carbocycles. The normalized spacial score (nSPS) is 26.4. The quantitative estimate of drug-likeness (QED) is 0.723. The Kier molecular flexibility index (Phi) is 2.79. The Morgan fingerprint density at radius 2 is 1.56 bits per heavy atom. The van der Waals surface area contributed by atoms with Gasteiger partial charge in [-0.2, -0.15) is 0 Å². The summed E-state index contributed by atoms with van der Waals surface area (Å²) in [5.41, 5.74) is 3.11. The standard InChI is InChI=1S/C18H18/c1-18(16-10-6-3-7-11-16)14-17(18)13-12-15-8-4-2-5-9-15/h2-13,17H,14H2,1H3/b13-12+/t17-,18-/m0/s1. The minimum atomic E-state index is 0.354. The van der Waals surface area contributed by atoms with Gasteiger partial charge in [0.15, 0.2) is 0 Å². The number of hydrogen-bond acceptors (Lipinski definition) is 0. The Hall–Kier alpha value is -1.82. The molecule has 90 valence electrons. The molecule has 0 spiro atoms. The molecular formula is C18H18. The van der Waals surface area contributed by atoms with E-state index in [2.05, 4.69) is 79.7 Å². The van der Waals surface area contributed by atoms with E-state index in [4.69, 9.17) is 0 Å². The van der Waals surface area contributed by atoms with Crippen LogP contribution >= 0.6 is 0 Å². The molecule has 1 aliphatic carbocycles. The molecule has 0 bridgehead atoms. The first kappa shape index (κ1) is 11.3. The second-order valence-corrected chi connectivity index (χ2v) is 5.36. The van der Waals surface area contributed by atoms with Gasteiger partial charge in [0.1, 0.15) is 0 Å². The molecule has 0 aromatic heterocycles. The molecule has 0 saturated heterocycles. The molecule has 1 saturated carbocycles. The Morgan fingerprint density at radius 3 is 2.22 bits per heavy atom. The van der Waals surface area contributed by atoms with Crippen LogP contribution in [0.5, 0.6) is 0 Å². The Morgan fingerprint density at radius 1 is 0.944 bits per heavy atom. The predicted octanol–water partition coefficient (Wildman–Crippen LogP) is 4.68. The predicted molar refractivity (Wildman–Crippen MR) is 77.4 cm³/mol. The van der Waals surface area contributed by atoms with E-state index >= 15 is 0 Å². The number of allylic oxidation sites excluding steroid dienone is 1. The van der Waals surface area contributed by atoms with E-state index in [1.807, 2.05) is 0 Å². The maximum Gasteiger partial charge on any atom is -0.000622 e. The van der Waals surface area contributed by atoms with Gasteiger partial charge in [-0.1, -0.05) is 79.7 Å². The molecule has 0 unspecified atom stereocenters. The van der Waals surface area contributed by atoms with E-state index < -0.39 is 0 Å². The zero-order valence-corrected chi connectivity index (χ0v) is 10.7. The van der Waals surface area contributed by atoms with Crippen LogP contribution in [0.3, 0.4) is 0 Å². The van der Waals surface area contributed by atoms with E-state index in [-0.39, 0.29) is 0 Å². The van der Waals surface area contributed by atoms with Gasteiger partial charge >= 0.3 is 0 Å². The lowest BCUT2D eigenvalue weighted by molar-refractivity contribution is 0.737. The average molecular weight is 234 g/mol. The van der Waals surface area contributed by atoms with Crippen LogP contribution in [0.1, 0.15) is 24.5 Å². The molecule has 0 nitrogen and oxygen atoms in total. The molecule has 2 aromatic rings. The molecular weight excluding hydrogens is 216 g/mol. The summed E-state index contributed by atoms with van der Waals surface area (Å²) in [6.07, 6.45) is 5.88. The van der Waals surface area contributed by atoms with Gasteiger partial charge in [-0.05, 0) is 28.9 Å². The maximum atomic E-state index is 2.36. The van der Waals surface area contributed by atoms with Gasteiger partial charge < -0.3 is 0 Å². The zero-order chi connectivity index (χ0) is 12.4. The van der Waals surface area contributed by atoms with Crippen molar-refractivity contribution in [3.63, 3.8) is 0 Å². The molecule has 2 atom stereocenters. The third-order valence-electron chi connectivity index (χ3n) is 4.06. The highest BCUT2D eigenvalue weighted by Crippen LogP contribution is 2.54. The molecule has 0 aliphatic heterocycles. The summed E-state index contributed by atoms with van der Waals surface area (Å²) in [6.45, 7) is 2.36. The lowest BCUT2D eigenvalue weighted by Crippen LogP contribution is -2.02. The Labute approximate surface area is 109 Å². The lowest BCUT2D eigenvalue weighted by atomic mass is 9.95. The van der Waals surface area contributed by atoms with Crippen LogP contribution in [-0.4, -0.2) is 0 Å². The van der Waals surface area contributed by atoms with Crippen LogP contribution in [0, 0.1) is 5.92 Å². The number of benzene rings is 2. The third-order valence-corrected chi connectivity index (χ3v) is 4.06. The maximum absolute atomic E-state index is 2.36. The van der Waals surface area contributed by atoms with Gasteiger partial charge in [-0.15, -0.1) is 0 Å². The first-order valence-electron chi connectivity index (χ1n) is 6.58. The first-order chi connectivity index (χ1) is 8.79. The molecule has 1 fully saturated rings. The van der Waals surface area contributed by atoms with Crippen molar-refractivity contribution >= 4 is 6.08 Å². The highest BCUT2D eigenvalue weighted by molar-refractivity contribution is 5.51. The summed E-state index contributed by atoms with van der Waals surface area (Å²) >= 11 is 0. The largest absolute Gasteiger partial charge is 0.0799 e. The highest BCUT2D eigenvalue weighted by atomic mass is 14.5. The minimum absolute atomic E-state index is 0.354. The van der Waals surface area contributed by atoms with E-state index in [0.717, 1.165) is 0 Å². The molecule has 0 heterocycles. The zero-order valence-electron chi connectivity index (χ0n) is 10.7. The van der Waals surface area contributed by atoms with Gasteiger partial charge in [0.2, 0.25) is 0 Å². The Balaban J connectivity index is 1.73. The molecule has 0 heteroatoms. The van der Waals surface area contributed by atoms with Crippen molar-refractivity contribution in [1.29, 1.82) is 0 Å². The first-order valence-corrected chi connectivity index (χ1v) is 6.58. The van der Waals surface area contributed by atoms with Crippen LogP contribution in [0.15, 0.2) is 66.7 Å². The van der Waals surface area contributed by atoms with Crippen molar-refractivity contribution in [3.8, 4) is 0 Å². The second kappa shape index (κ2) is 4.45. The smallest absolute Gasteiger partial charge is 0.000622 e. The summed E-state index contributed by atoms with van der Waals surface area (Å²) in [6, 6.07) is 21.4. The fraction of sp³-hybridized carbons (Fsp3) is 0.222. The Bertz CT molecular complexity index is 539. The molecule has 3 rings (SSSR count). The summed E-state index contributed by atoms with van der Waals surface area (Å²) in [7, 11) is 0. The topological polar surface area (TPSA) is 0 Å². The van der Waals surface area contributed by atoms with E-state index in [1.54, 1.807) is 0 Å². The van der Waals surface area contributed by atoms with Gasteiger partial charge in [-0.25, -0.2) is 0 Å². The van der Waals surface area contributed by atoms with Gasteiger partial charge in [0.25, 0.3) is 0 Å². The third kappa shape index (κ3) is 2.11. The van der Waals surface area contributed by atoms with Crippen molar-refractivity contribution in [1.82, 2.24) is 0 Å². The monoisotopic (exact) mass is 234 g/mol. The van der Waals surface area contributed by atoms with Crippen LogP contribution in [-0.2, 0) is 5.41 Å². The van der Waals surface area contributed by atoms with E-state index in [1.165, 1.54) is 17.5 Å². The van der Waals surface area contributed by atoms with Crippen LogP contribution < -0.4 is 0 Å². The molecule has 0 radical (unpaired) electrons. The minimum Gasteiger partial charge on any atom is -0.0799 e. The number of rotatable bonds is 3. The second-order valence-electron chi connectivity index (χ2n) is 5.36. The summed E-state index contributed by atoms with van der Waals surface area (Å²) in [5.74, 6) is 0.681. The average Bonchev–Trinajstić information content (AvgIpc) is 3.11. The van der Waals surface area contributed by atoms with Gasteiger partial charge in [-0.3, -0.25) is 0 Å².